The summed E-state index contributed by atoms with van der Waals surface area (Å²) in [5.74, 6) is 1.20. The molecular weight excluding hydrogens is 584 g/mol. The maximum atomic E-state index is 12.6. The van der Waals surface area contributed by atoms with Crippen LogP contribution in [0.2, 0.25) is 0 Å². The minimum Gasteiger partial charge on any atom is -0.448 e. The SMILES string of the molecule is CCNc1nc(Nc2ccc(S(=O)(I)=NC(=O)OCC)cc2)ncc1I. The molecule has 0 aliphatic carbocycles. The Morgan fingerprint density at radius 2 is 2.00 bits per heavy atom. The second-order valence-electron chi connectivity index (χ2n) is 4.82. The van der Waals surface area contributed by atoms with Crippen molar-refractivity contribution in [3.63, 3.8) is 0 Å². The Bertz CT molecular complexity index is 899. The topological polar surface area (TPSA) is 106 Å². The molecule has 8 nitrogen and oxygen atoms in total. The summed E-state index contributed by atoms with van der Waals surface area (Å²) in [7, 11) is 0. The molecule has 0 saturated carbocycles. The molecule has 0 aliphatic rings. The van der Waals surface area contributed by atoms with Crippen LogP contribution >= 0.6 is 43.8 Å². The van der Waals surface area contributed by atoms with E-state index in [9.17, 15) is 9.00 Å². The summed E-state index contributed by atoms with van der Waals surface area (Å²) in [6.45, 7) is 1.71. The third-order valence-corrected chi connectivity index (χ3v) is 7.09. The van der Waals surface area contributed by atoms with E-state index in [0.29, 0.717) is 10.8 Å². The Kier molecular flexibility index (Phi) is 7.82. The van der Waals surface area contributed by atoms with Crippen LogP contribution in [0.25, 0.3) is 0 Å². The molecule has 2 N–H and O–H groups in total. The number of benzene rings is 1. The monoisotopic (exact) mass is 601 g/mol. The first-order valence-electron chi connectivity index (χ1n) is 7.62. The molecule has 0 spiro atoms. The standard InChI is InChI=1S/C15H17I2N5O3S/c1-3-18-13-12(16)9-19-14(21-13)20-10-5-7-11(8-6-10)26(17,24)22-15(23)25-4-2/h5-9H,3-4H2,1-2H3,(H2,18,19,20,21). The minimum atomic E-state index is -2.89. The number of ether oxygens (including phenoxy) is 1. The predicted octanol–water partition coefficient (Wildman–Crippen LogP) is 4.59. The zero-order valence-corrected chi connectivity index (χ0v) is 19.2. The molecule has 1 amide bonds. The van der Waals surface area contributed by atoms with E-state index < -0.39 is 13.0 Å². The van der Waals surface area contributed by atoms with Gasteiger partial charge in [-0.3, -0.25) is 0 Å². The third-order valence-electron chi connectivity index (χ3n) is 2.95. The van der Waals surface area contributed by atoms with Crippen molar-refractivity contribution in [3.8, 4) is 0 Å². The maximum absolute atomic E-state index is 12.6. The Morgan fingerprint density at radius 3 is 2.62 bits per heavy atom. The second kappa shape index (κ2) is 9.64. The van der Waals surface area contributed by atoms with E-state index in [-0.39, 0.29) is 6.61 Å². The number of hydrogen-bond acceptors (Lipinski definition) is 7. The fraction of sp³-hybridized carbons (Fsp3) is 0.267. The van der Waals surface area contributed by atoms with Gasteiger partial charge in [-0.2, -0.15) is 4.98 Å². The number of carbonyl (C=O) groups is 1. The molecule has 0 aliphatic heterocycles. The second-order valence-corrected chi connectivity index (χ2v) is 11.1. The molecule has 0 radical (unpaired) electrons. The van der Waals surface area contributed by atoms with Crippen molar-refractivity contribution >= 4 is 74.2 Å². The van der Waals surface area contributed by atoms with Gasteiger partial charge in [-0.05, 0) is 60.7 Å². The highest BCUT2D eigenvalue weighted by Gasteiger charge is 2.12. The molecule has 11 heteroatoms. The summed E-state index contributed by atoms with van der Waals surface area (Å²) in [5.41, 5.74) is 0.722. The van der Waals surface area contributed by atoms with Crippen molar-refractivity contribution < 1.29 is 13.7 Å². The fourth-order valence-electron chi connectivity index (χ4n) is 1.85. The summed E-state index contributed by atoms with van der Waals surface area (Å²) < 4.78 is 21.8. The lowest BCUT2D eigenvalue weighted by Crippen LogP contribution is -2.05. The van der Waals surface area contributed by atoms with Crippen molar-refractivity contribution in [3.05, 3.63) is 34.0 Å². The van der Waals surface area contributed by atoms with Gasteiger partial charge in [-0.25, -0.2) is 14.0 Å². The first-order valence-corrected chi connectivity index (χ1v) is 12.8. The average molecular weight is 601 g/mol. The van der Waals surface area contributed by atoms with Gasteiger partial charge in [0.2, 0.25) is 5.95 Å². The number of nitrogens with one attached hydrogen (secondary N) is 2. The molecule has 2 aromatic rings. The van der Waals surface area contributed by atoms with E-state index in [1.165, 1.54) is 0 Å². The minimum absolute atomic E-state index is 0.183. The van der Waals surface area contributed by atoms with Crippen LogP contribution in [0.1, 0.15) is 13.8 Å². The first-order chi connectivity index (χ1) is 12.4. The quantitative estimate of drug-likeness (QED) is 0.369. The zero-order valence-electron chi connectivity index (χ0n) is 14.0. The van der Waals surface area contributed by atoms with E-state index >= 15 is 0 Å². The Hall–Kier alpha value is -1.22. The van der Waals surface area contributed by atoms with Crippen molar-refractivity contribution in [2.75, 3.05) is 23.8 Å². The molecule has 0 bridgehead atoms. The van der Waals surface area contributed by atoms with E-state index in [2.05, 4.69) is 47.6 Å². The van der Waals surface area contributed by atoms with Crippen LogP contribution < -0.4 is 10.6 Å². The highest BCUT2D eigenvalue weighted by atomic mass is 127. The van der Waals surface area contributed by atoms with Gasteiger partial charge in [0.15, 0.2) is 0 Å². The number of halogens is 2. The number of rotatable bonds is 6. The van der Waals surface area contributed by atoms with Crippen LogP contribution in [0.4, 0.5) is 22.2 Å². The van der Waals surface area contributed by atoms with Gasteiger partial charge >= 0.3 is 6.09 Å². The van der Waals surface area contributed by atoms with Crippen LogP contribution in [-0.4, -0.2) is 33.4 Å². The largest absolute Gasteiger partial charge is 0.448 e. The van der Waals surface area contributed by atoms with Crippen LogP contribution in [-0.2, 0) is 11.6 Å². The summed E-state index contributed by atoms with van der Waals surface area (Å²) in [6, 6.07) is 6.72. The molecule has 140 valence electrons. The first kappa shape index (κ1) is 21.1. The van der Waals surface area contributed by atoms with Crippen molar-refractivity contribution in [2.24, 2.45) is 4.36 Å². The van der Waals surface area contributed by atoms with Gasteiger partial charge in [0.25, 0.3) is 0 Å². The normalized spacial score (nSPS) is 12.8. The van der Waals surface area contributed by atoms with Gasteiger partial charge in [-0.15, -0.1) is 4.36 Å². The van der Waals surface area contributed by atoms with Crippen molar-refractivity contribution in [2.45, 2.75) is 18.7 Å². The van der Waals surface area contributed by atoms with Gasteiger partial charge < -0.3 is 15.4 Å². The highest BCUT2D eigenvalue weighted by molar-refractivity contribution is 14.2. The molecule has 1 atom stereocenters. The molecule has 2 rings (SSSR count). The lowest BCUT2D eigenvalue weighted by molar-refractivity contribution is 0.164. The zero-order chi connectivity index (χ0) is 19.2. The van der Waals surface area contributed by atoms with Gasteiger partial charge in [0.1, 0.15) is 12.7 Å². The summed E-state index contributed by atoms with van der Waals surface area (Å²) in [4.78, 5) is 20.5. The van der Waals surface area contributed by atoms with Crippen LogP contribution in [0, 0.1) is 3.57 Å². The van der Waals surface area contributed by atoms with Gasteiger partial charge in [0.05, 0.1) is 36.3 Å². The molecule has 0 fully saturated rings. The molecule has 1 heterocycles. The molecule has 1 aromatic heterocycles. The van der Waals surface area contributed by atoms with Gasteiger partial charge in [0, 0.05) is 18.4 Å². The number of aromatic nitrogens is 2. The van der Waals surface area contributed by atoms with Crippen LogP contribution in [0.15, 0.2) is 39.7 Å². The van der Waals surface area contributed by atoms with Crippen LogP contribution in [0.3, 0.4) is 0 Å². The summed E-state index contributed by atoms with van der Waals surface area (Å²) in [5, 5.41) is 6.25. The lowest BCUT2D eigenvalue weighted by atomic mass is 10.3. The highest BCUT2D eigenvalue weighted by Crippen LogP contribution is 2.24. The molecule has 1 aromatic carbocycles. The van der Waals surface area contributed by atoms with Crippen LogP contribution in [0.5, 0.6) is 0 Å². The predicted molar refractivity (Wildman–Crippen MR) is 119 cm³/mol. The van der Waals surface area contributed by atoms with Crippen molar-refractivity contribution in [1.82, 2.24) is 9.97 Å². The Morgan fingerprint density at radius 1 is 1.31 bits per heavy atom. The molecule has 26 heavy (non-hydrogen) atoms. The number of carbonyl (C=O) groups excluding carboxylic acids is 1. The molecular formula is C15H17I2N5O3S. The fourth-order valence-corrected chi connectivity index (χ4v) is 4.49. The van der Waals surface area contributed by atoms with Crippen molar-refractivity contribution in [1.29, 1.82) is 0 Å². The number of hydrogen-bond donors (Lipinski definition) is 2. The molecule has 1 unspecified atom stereocenters. The number of anilines is 3. The Balaban J connectivity index is 2.19. The summed E-state index contributed by atoms with van der Waals surface area (Å²) >= 11 is 3.82. The molecule has 0 saturated heterocycles. The Labute approximate surface area is 177 Å². The number of nitrogens with zero attached hydrogens (tertiary/aromatic N) is 3. The van der Waals surface area contributed by atoms with E-state index in [1.807, 2.05) is 6.92 Å². The van der Waals surface area contributed by atoms with E-state index in [1.54, 1.807) is 58.6 Å². The number of amides is 1. The van der Waals surface area contributed by atoms with E-state index in [4.69, 9.17) is 4.74 Å². The lowest BCUT2D eigenvalue weighted by Gasteiger charge is -2.09. The third kappa shape index (κ3) is 5.90. The smallest absolute Gasteiger partial charge is 0.442 e. The maximum Gasteiger partial charge on any atom is 0.442 e. The van der Waals surface area contributed by atoms with E-state index in [0.717, 1.165) is 21.6 Å². The summed E-state index contributed by atoms with van der Waals surface area (Å²) in [6.07, 6.45) is 0.885. The average Bonchev–Trinajstić information content (AvgIpc) is 2.58. The van der Waals surface area contributed by atoms with Gasteiger partial charge in [-0.1, -0.05) is 0 Å².